The Morgan fingerprint density at radius 2 is 2.05 bits per heavy atom. The molecule has 20 heavy (non-hydrogen) atoms. The molecule has 0 amide bonds. The molecule has 4 nitrogen and oxygen atoms in total. The van der Waals surface area contributed by atoms with Crippen LogP contribution in [0.3, 0.4) is 0 Å². The van der Waals surface area contributed by atoms with Crippen LogP contribution in [0.2, 0.25) is 5.02 Å². The van der Waals surface area contributed by atoms with E-state index in [4.69, 9.17) is 26.8 Å². The molecule has 2 rings (SSSR count). The Bertz CT molecular complexity index is 602. The lowest BCUT2D eigenvalue weighted by atomic mass is 10.0. The molecule has 1 aromatic carbocycles. The molecule has 0 aliphatic rings. The summed E-state index contributed by atoms with van der Waals surface area (Å²) in [6.45, 7) is 2.90. The highest BCUT2D eigenvalue weighted by molar-refractivity contribution is 6.31. The molecule has 0 aliphatic heterocycles. The number of nitrogens with zero attached hydrogens (tertiary/aromatic N) is 1. The SMILES string of the molecule is COCCOc1ncc(N)cc1-c1ccc(Cl)c(C)c1. The maximum atomic E-state index is 6.05. The lowest BCUT2D eigenvalue weighted by Gasteiger charge is -2.12. The zero-order valence-corrected chi connectivity index (χ0v) is 12.3. The molecule has 0 fully saturated rings. The number of aromatic nitrogens is 1. The average Bonchev–Trinajstić information content (AvgIpc) is 2.44. The lowest BCUT2D eigenvalue weighted by molar-refractivity contribution is 0.144. The number of aryl methyl sites for hydroxylation is 1. The van der Waals surface area contributed by atoms with Gasteiger partial charge in [0.2, 0.25) is 5.88 Å². The van der Waals surface area contributed by atoms with Crippen LogP contribution in [0.5, 0.6) is 5.88 Å². The molecule has 0 atom stereocenters. The summed E-state index contributed by atoms with van der Waals surface area (Å²) < 4.78 is 10.6. The molecule has 0 saturated carbocycles. The number of halogens is 1. The number of pyridine rings is 1. The molecule has 0 bridgehead atoms. The van der Waals surface area contributed by atoms with Crippen molar-refractivity contribution in [1.29, 1.82) is 0 Å². The Kier molecular flexibility index (Phi) is 4.82. The van der Waals surface area contributed by atoms with E-state index in [2.05, 4.69) is 4.98 Å². The number of hydrogen-bond acceptors (Lipinski definition) is 4. The number of methoxy groups -OCH3 is 1. The van der Waals surface area contributed by atoms with E-state index in [1.807, 2.05) is 31.2 Å². The molecule has 0 aliphatic carbocycles. The van der Waals surface area contributed by atoms with Gasteiger partial charge in [0.05, 0.1) is 18.5 Å². The Hall–Kier alpha value is -1.78. The van der Waals surface area contributed by atoms with Gasteiger partial charge < -0.3 is 15.2 Å². The minimum Gasteiger partial charge on any atom is -0.475 e. The van der Waals surface area contributed by atoms with E-state index in [0.29, 0.717) is 24.8 Å². The predicted octanol–water partition coefficient (Wildman–Crippen LogP) is 3.32. The van der Waals surface area contributed by atoms with Crippen LogP contribution >= 0.6 is 11.6 Å². The third kappa shape index (κ3) is 3.40. The molecule has 5 heteroatoms. The van der Waals surface area contributed by atoms with Crippen LogP contribution in [0, 0.1) is 6.92 Å². The highest BCUT2D eigenvalue weighted by Crippen LogP contribution is 2.32. The number of nitrogens with two attached hydrogens (primary N) is 1. The largest absolute Gasteiger partial charge is 0.475 e. The van der Waals surface area contributed by atoms with Crippen LogP contribution in [-0.2, 0) is 4.74 Å². The number of rotatable bonds is 5. The van der Waals surface area contributed by atoms with Gasteiger partial charge in [-0.05, 0) is 36.2 Å². The third-order valence-electron chi connectivity index (χ3n) is 2.87. The fourth-order valence-electron chi connectivity index (χ4n) is 1.82. The van der Waals surface area contributed by atoms with Gasteiger partial charge in [-0.25, -0.2) is 4.98 Å². The molecule has 2 N–H and O–H groups in total. The molecular weight excluding hydrogens is 276 g/mol. The van der Waals surface area contributed by atoms with Crippen molar-refractivity contribution in [2.75, 3.05) is 26.1 Å². The highest BCUT2D eigenvalue weighted by atomic mass is 35.5. The Morgan fingerprint density at radius 1 is 1.25 bits per heavy atom. The number of ether oxygens (including phenoxy) is 2. The van der Waals surface area contributed by atoms with E-state index >= 15 is 0 Å². The van der Waals surface area contributed by atoms with Gasteiger partial charge in [0.15, 0.2) is 0 Å². The summed E-state index contributed by atoms with van der Waals surface area (Å²) in [6.07, 6.45) is 1.58. The van der Waals surface area contributed by atoms with E-state index in [1.165, 1.54) is 0 Å². The van der Waals surface area contributed by atoms with E-state index < -0.39 is 0 Å². The van der Waals surface area contributed by atoms with Gasteiger partial charge in [-0.15, -0.1) is 0 Å². The Labute approximate surface area is 123 Å². The average molecular weight is 293 g/mol. The first-order valence-electron chi connectivity index (χ1n) is 6.25. The maximum Gasteiger partial charge on any atom is 0.221 e. The molecule has 0 unspecified atom stereocenters. The minimum absolute atomic E-state index is 0.437. The third-order valence-corrected chi connectivity index (χ3v) is 3.29. The van der Waals surface area contributed by atoms with Gasteiger partial charge in [-0.2, -0.15) is 0 Å². The number of benzene rings is 1. The van der Waals surface area contributed by atoms with Gasteiger partial charge in [0, 0.05) is 17.7 Å². The minimum atomic E-state index is 0.437. The number of hydrogen-bond donors (Lipinski definition) is 1. The summed E-state index contributed by atoms with van der Waals surface area (Å²) in [6, 6.07) is 7.61. The molecule has 0 radical (unpaired) electrons. The molecule has 0 saturated heterocycles. The Morgan fingerprint density at radius 3 is 2.75 bits per heavy atom. The van der Waals surface area contributed by atoms with Crippen LogP contribution in [-0.4, -0.2) is 25.3 Å². The van der Waals surface area contributed by atoms with Crippen LogP contribution in [0.25, 0.3) is 11.1 Å². The molecule has 2 aromatic rings. The fourth-order valence-corrected chi connectivity index (χ4v) is 1.94. The van der Waals surface area contributed by atoms with Gasteiger partial charge in [0.1, 0.15) is 6.61 Å². The number of anilines is 1. The summed E-state index contributed by atoms with van der Waals surface area (Å²) in [5, 5.41) is 0.729. The van der Waals surface area contributed by atoms with Crippen LogP contribution in [0.4, 0.5) is 5.69 Å². The van der Waals surface area contributed by atoms with Crippen LogP contribution < -0.4 is 10.5 Å². The van der Waals surface area contributed by atoms with Crippen LogP contribution in [0.1, 0.15) is 5.56 Å². The normalized spacial score (nSPS) is 10.6. The van der Waals surface area contributed by atoms with Crippen molar-refractivity contribution < 1.29 is 9.47 Å². The molecule has 1 heterocycles. The second-order valence-corrected chi connectivity index (χ2v) is 4.83. The highest BCUT2D eigenvalue weighted by Gasteiger charge is 2.10. The van der Waals surface area contributed by atoms with Crippen LogP contribution in [0.15, 0.2) is 30.5 Å². The van der Waals surface area contributed by atoms with Crippen molar-refractivity contribution in [1.82, 2.24) is 4.98 Å². The van der Waals surface area contributed by atoms with E-state index in [1.54, 1.807) is 13.3 Å². The monoisotopic (exact) mass is 292 g/mol. The molecule has 1 aromatic heterocycles. The molecule has 106 valence electrons. The van der Waals surface area contributed by atoms with Gasteiger partial charge in [-0.3, -0.25) is 0 Å². The second-order valence-electron chi connectivity index (χ2n) is 4.43. The van der Waals surface area contributed by atoms with Crippen molar-refractivity contribution >= 4 is 17.3 Å². The van der Waals surface area contributed by atoms with Crippen molar-refractivity contribution in [2.24, 2.45) is 0 Å². The van der Waals surface area contributed by atoms with Gasteiger partial charge >= 0.3 is 0 Å². The first-order chi connectivity index (χ1) is 9.61. The predicted molar refractivity (Wildman–Crippen MR) is 81.2 cm³/mol. The Balaban J connectivity index is 2.37. The molecule has 0 spiro atoms. The smallest absolute Gasteiger partial charge is 0.221 e. The van der Waals surface area contributed by atoms with E-state index in [0.717, 1.165) is 21.7 Å². The second kappa shape index (κ2) is 6.59. The summed E-state index contributed by atoms with van der Waals surface area (Å²) in [5.74, 6) is 0.540. The summed E-state index contributed by atoms with van der Waals surface area (Å²) >= 11 is 6.05. The van der Waals surface area contributed by atoms with Crippen molar-refractivity contribution in [3.8, 4) is 17.0 Å². The van der Waals surface area contributed by atoms with Crippen molar-refractivity contribution in [3.05, 3.63) is 41.0 Å². The van der Waals surface area contributed by atoms with Crippen molar-refractivity contribution in [2.45, 2.75) is 6.92 Å². The lowest BCUT2D eigenvalue weighted by Crippen LogP contribution is -2.06. The summed E-state index contributed by atoms with van der Waals surface area (Å²) in [4.78, 5) is 4.24. The summed E-state index contributed by atoms with van der Waals surface area (Å²) in [5.41, 5.74) is 9.22. The van der Waals surface area contributed by atoms with E-state index in [-0.39, 0.29) is 0 Å². The quantitative estimate of drug-likeness (QED) is 0.859. The number of nitrogen functional groups attached to an aromatic ring is 1. The zero-order chi connectivity index (χ0) is 14.5. The maximum absolute atomic E-state index is 6.05. The first-order valence-corrected chi connectivity index (χ1v) is 6.63. The van der Waals surface area contributed by atoms with Gasteiger partial charge in [-0.1, -0.05) is 17.7 Å². The fraction of sp³-hybridized carbons (Fsp3) is 0.267. The topological polar surface area (TPSA) is 57.4 Å². The standard InChI is InChI=1S/C15H17ClN2O2/c1-10-7-11(3-4-14(10)16)13-8-12(17)9-18-15(13)20-6-5-19-2/h3-4,7-9H,5-6,17H2,1-2H3. The van der Waals surface area contributed by atoms with Gasteiger partial charge in [0.25, 0.3) is 0 Å². The van der Waals surface area contributed by atoms with Crippen molar-refractivity contribution in [3.63, 3.8) is 0 Å². The first kappa shape index (κ1) is 14.6. The molecular formula is C15H17ClN2O2. The summed E-state index contributed by atoms with van der Waals surface area (Å²) in [7, 11) is 1.63. The van der Waals surface area contributed by atoms with E-state index in [9.17, 15) is 0 Å². The zero-order valence-electron chi connectivity index (χ0n) is 11.5.